The van der Waals surface area contributed by atoms with Gasteiger partial charge in [0.25, 0.3) is 0 Å². The van der Waals surface area contributed by atoms with Crippen LogP contribution in [0.1, 0.15) is 37.7 Å². The smallest absolute Gasteiger partial charge is 0.123 e. The Bertz CT molecular complexity index is 375. The van der Waals surface area contributed by atoms with Crippen molar-refractivity contribution in [3.05, 3.63) is 47.3 Å². The number of hydrogen-bond acceptors (Lipinski definition) is 0. The number of halogens is 2. The lowest BCUT2D eigenvalue weighted by atomic mass is 9.79. The molecule has 2 rings (SSSR count). The van der Waals surface area contributed by atoms with Crippen molar-refractivity contribution in [3.8, 4) is 0 Å². The van der Waals surface area contributed by atoms with Crippen LogP contribution in [-0.4, -0.2) is 0 Å². The lowest BCUT2D eigenvalue weighted by Crippen LogP contribution is -2.13. The fourth-order valence-electron chi connectivity index (χ4n) is 2.79. The molecule has 0 amide bonds. The summed E-state index contributed by atoms with van der Waals surface area (Å²) in [5.41, 5.74) is 2.91. The minimum Gasteiger partial charge on any atom is -0.207 e. The van der Waals surface area contributed by atoms with Crippen LogP contribution >= 0.6 is 11.6 Å². The Balaban J connectivity index is 1.73. The van der Waals surface area contributed by atoms with Gasteiger partial charge in [0.15, 0.2) is 0 Å². The van der Waals surface area contributed by atoms with E-state index >= 15 is 0 Å². The van der Waals surface area contributed by atoms with E-state index in [9.17, 15) is 4.39 Å². The maximum absolute atomic E-state index is 12.8. The van der Waals surface area contributed by atoms with Gasteiger partial charge in [-0.25, -0.2) is 4.39 Å². The molecule has 1 aromatic carbocycles. The molecule has 0 heterocycles. The van der Waals surface area contributed by atoms with E-state index in [1.165, 1.54) is 37.7 Å². The van der Waals surface area contributed by atoms with Crippen molar-refractivity contribution in [2.24, 2.45) is 11.8 Å². The number of hydrogen-bond donors (Lipinski definition) is 0. The molecule has 1 aliphatic rings. The van der Waals surface area contributed by atoms with Crippen LogP contribution in [0.15, 0.2) is 35.9 Å². The van der Waals surface area contributed by atoms with Crippen LogP contribution in [-0.2, 0) is 6.42 Å². The molecule has 1 aromatic rings. The minimum absolute atomic E-state index is 0.146. The van der Waals surface area contributed by atoms with Crippen LogP contribution in [0.25, 0.3) is 0 Å². The second-order valence-electron chi connectivity index (χ2n) is 5.26. The van der Waals surface area contributed by atoms with E-state index in [4.69, 9.17) is 11.6 Å². The molecule has 98 valence electrons. The van der Waals surface area contributed by atoms with Gasteiger partial charge < -0.3 is 0 Å². The van der Waals surface area contributed by atoms with Gasteiger partial charge >= 0.3 is 0 Å². The maximum Gasteiger partial charge on any atom is 0.123 e. The third kappa shape index (κ3) is 4.13. The SMILES string of the molecule is Fc1ccc(CCC2CCC(C=CCl)CC2)cc1. The molecule has 1 saturated carbocycles. The van der Waals surface area contributed by atoms with Gasteiger partial charge in [0.2, 0.25) is 0 Å². The number of rotatable bonds is 4. The lowest BCUT2D eigenvalue weighted by Gasteiger charge is -2.26. The van der Waals surface area contributed by atoms with Crippen LogP contribution in [0.4, 0.5) is 4.39 Å². The Hall–Kier alpha value is -0.820. The van der Waals surface area contributed by atoms with Crippen LogP contribution in [0.3, 0.4) is 0 Å². The summed E-state index contributed by atoms with van der Waals surface area (Å²) in [7, 11) is 0. The fourth-order valence-corrected chi connectivity index (χ4v) is 3.00. The van der Waals surface area contributed by atoms with Crippen LogP contribution < -0.4 is 0 Å². The molecule has 0 radical (unpaired) electrons. The van der Waals surface area contributed by atoms with Crippen molar-refractivity contribution in [1.82, 2.24) is 0 Å². The van der Waals surface area contributed by atoms with E-state index in [2.05, 4.69) is 6.08 Å². The standard InChI is InChI=1S/C16H20ClF/c17-12-11-15-5-3-13(4-6-15)1-2-14-7-9-16(18)10-8-14/h7-13,15H,1-6H2. The van der Waals surface area contributed by atoms with Crippen LogP contribution in [0, 0.1) is 17.7 Å². The van der Waals surface area contributed by atoms with Crippen LogP contribution in [0.5, 0.6) is 0 Å². The molecular weight excluding hydrogens is 247 g/mol. The summed E-state index contributed by atoms with van der Waals surface area (Å²) < 4.78 is 12.8. The molecule has 0 nitrogen and oxygen atoms in total. The van der Waals surface area contributed by atoms with Gasteiger partial charge in [-0.15, -0.1) is 0 Å². The molecule has 0 aromatic heterocycles. The normalized spacial score (nSPS) is 24.6. The third-order valence-electron chi connectivity index (χ3n) is 3.99. The topological polar surface area (TPSA) is 0 Å². The Morgan fingerprint density at radius 3 is 2.39 bits per heavy atom. The summed E-state index contributed by atoms with van der Waals surface area (Å²) in [4.78, 5) is 0. The largest absolute Gasteiger partial charge is 0.207 e. The van der Waals surface area contributed by atoms with Gasteiger partial charge in [0.05, 0.1) is 0 Å². The Kier molecular flexibility index (Phi) is 5.25. The first-order chi connectivity index (χ1) is 8.78. The molecule has 0 N–H and O–H groups in total. The Morgan fingerprint density at radius 1 is 1.11 bits per heavy atom. The van der Waals surface area contributed by atoms with E-state index in [0.717, 1.165) is 12.3 Å². The molecule has 1 fully saturated rings. The molecule has 1 aliphatic carbocycles. The predicted molar refractivity (Wildman–Crippen MR) is 75.2 cm³/mol. The van der Waals surface area contributed by atoms with Crippen molar-refractivity contribution in [1.29, 1.82) is 0 Å². The zero-order chi connectivity index (χ0) is 12.8. The summed E-state index contributed by atoms with van der Waals surface area (Å²) in [5.74, 6) is 1.37. The van der Waals surface area contributed by atoms with Crippen molar-refractivity contribution >= 4 is 11.6 Å². The second-order valence-corrected chi connectivity index (χ2v) is 5.52. The Morgan fingerprint density at radius 2 is 1.78 bits per heavy atom. The van der Waals surface area contributed by atoms with Gasteiger partial charge in [-0.1, -0.05) is 29.8 Å². The molecule has 2 heteroatoms. The highest BCUT2D eigenvalue weighted by Crippen LogP contribution is 2.32. The highest BCUT2D eigenvalue weighted by Gasteiger charge is 2.19. The summed E-state index contributed by atoms with van der Waals surface area (Å²) in [6.07, 6.45) is 9.54. The molecule has 0 unspecified atom stereocenters. The van der Waals surface area contributed by atoms with Gasteiger partial charge in [-0.3, -0.25) is 0 Å². The maximum atomic E-state index is 12.8. The fraction of sp³-hybridized carbons (Fsp3) is 0.500. The summed E-state index contributed by atoms with van der Waals surface area (Å²) in [5, 5.41) is 0. The van der Waals surface area contributed by atoms with Crippen LogP contribution in [0.2, 0.25) is 0 Å². The first-order valence-electron chi connectivity index (χ1n) is 6.79. The lowest BCUT2D eigenvalue weighted by molar-refractivity contribution is 0.296. The minimum atomic E-state index is -0.146. The third-order valence-corrected chi connectivity index (χ3v) is 4.14. The zero-order valence-electron chi connectivity index (χ0n) is 10.6. The monoisotopic (exact) mass is 266 g/mol. The van der Waals surface area contributed by atoms with Gasteiger partial charge in [-0.2, -0.15) is 0 Å². The quantitative estimate of drug-likeness (QED) is 0.692. The van der Waals surface area contributed by atoms with Crippen molar-refractivity contribution in [3.63, 3.8) is 0 Å². The molecule has 0 atom stereocenters. The highest BCUT2D eigenvalue weighted by molar-refractivity contribution is 6.25. The number of allylic oxidation sites excluding steroid dienone is 1. The Labute approximate surface area is 114 Å². The molecule has 18 heavy (non-hydrogen) atoms. The molecule has 0 aliphatic heterocycles. The molecule has 0 bridgehead atoms. The average Bonchev–Trinajstić information content (AvgIpc) is 2.40. The molecular formula is C16H20ClF. The zero-order valence-corrected chi connectivity index (χ0v) is 11.4. The first-order valence-corrected chi connectivity index (χ1v) is 7.23. The molecule has 0 saturated heterocycles. The molecule has 0 spiro atoms. The number of benzene rings is 1. The van der Waals surface area contributed by atoms with Gasteiger partial charge in [-0.05, 0) is 68.1 Å². The van der Waals surface area contributed by atoms with Crippen molar-refractivity contribution in [2.75, 3.05) is 0 Å². The highest BCUT2D eigenvalue weighted by atomic mass is 35.5. The summed E-state index contributed by atoms with van der Waals surface area (Å²) >= 11 is 5.61. The predicted octanol–water partition coefficient (Wildman–Crippen LogP) is 5.32. The van der Waals surface area contributed by atoms with E-state index < -0.39 is 0 Å². The van der Waals surface area contributed by atoms with E-state index in [0.29, 0.717) is 5.92 Å². The average molecular weight is 267 g/mol. The number of aryl methyl sites for hydroxylation is 1. The van der Waals surface area contributed by atoms with Gasteiger partial charge in [0, 0.05) is 5.54 Å². The van der Waals surface area contributed by atoms with Crippen molar-refractivity contribution < 1.29 is 4.39 Å². The van der Waals surface area contributed by atoms with E-state index in [1.54, 1.807) is 17.7 Å². The van der Waals surface area contributed by atoms with E-state index in [-0.39, 0.29) is 5.82 Å². The summed E-state index contributed by atoms with van der Waals surface area (Å²) in [6.45, 7) is 0. The van der Waals surface area contributed by atoms with Crippen molar-refractivity contribution in [2.45, 2.75) is 38.5 Å². The second kappa shape index (κ2) is 6.94. The summed E-state index contributed by atoms with van der Waals surface area (Å²) in [6, 6.07) is 6.91. The van der Waals surface area contributed by atoms with E-state index in [1.807, 2.05) is 12.1 Å². The van der Waals surface area contributed by atoms with Gasteiger partial charge in [0.1, 0.15) is 5.82 Å². The first kappa shape index (κ1) is 13.6.